The maximum absolute atomic E-state index is 11.9. The van der Waals surface area contributed by atoms with Crippen molar-refractivity contribution in [1.29, 1.82) is 0 Å². The number of ether oxygens (including phenoxy) is 1. The van der Waals surface area contributed by atoms with Crippen LogP contribution in [0, 0.1) is 0 Å². The van der Waals surface area contributed by atoms with Crippen LogP contribution in [0.25, 0.3) is 0 Å². The normalized spacial score (nSPS) is 12.0. The molecule has 0 saturated carbocycles. The molecule has 0 radical (unpaired) electrons. The smallest absolute Gasteiger partial charge is 0.305 e. The fourth-order valence-corrected chi connectivity index (χ4v) is 1.60. The van der Waals surface area contributed by atoms with Gasteiger partial charge in [0.05, 0.1) is 12.5 Å². The lowest BCUT2D eigenvalue weighted by Gasteiger charge is -2.13. The third-order valence-electron chi connectivity index (χ3n) is 2.33. The van der Waals surface area contributed by atoms with Gasteiger partial charge in [-0.15, -0.1) is 0 Å². The van der Waals surface area contributed by atoms with Gasteiger partial charge in [0.15, 0.2) is 0 Å². The monoisotopic (exact) mass is 265 g/mol. The van der Waals surface area contributed by atoms with Crippen LogP contribution in [0.3, 0.4) is 0 Å². The van der Waals surface area contributed by atoms with Crippen molar-refractivity contribution in [2.45, 2.75) is 39.3 Å². The lowest BCUT2D eigenvalue weighted by atomic mass is 10.1. The zero-order valence-corrected chi connectivity index (χ0v) is 11.3. The van der Waals surface area contributed by atoms with Crippen molar-refractivity contribution in [2.24, 2.45) is 0 Å². The maximum Gasteiger partial charge on any atom is 0.305 e. The first-order chi connectivity index (χ1) is 8.88. The molecule has 0 aliphatic carbocycles. The highest BCUT2D eigenvalue weighted by molar-refractivity contribution is 5.94. The van der Waals surface area contributed by atoms with Crippen molar-refractivity contribution in [3.63, 3.8) is 0 Å². The molecule has 0 aliphatic rings. The number of hydrogen-bond donors (Lipinski definition) is 2. The van der Waals surface area contributed by atoms with Crippen molar-refractivity contribution < 1.29 is 19.4 Å². The molecule has 0 aromatic heterocycles. The minimum absolute atomic E-state index is 0.0317. The number of nitrogens with one attached hydrogen (secondary N) is 1. The van der Waals surface area contributed by atoms with Gasteiger partial charge in [0.1, 0.15) is 5.75 Å². The van der Waals surface area contributed by atoms with Crippen molar-refractivity contribution >= 4 is 11.9 Å². The lowest BCUT2D eigenvalue weighted by Crippen LogP contribution is -2.34. The van der Waals surface area contributed by atoms with Gasteiger partial charge in [-0.25, -0.2) is 0 Å². The Morgan fingerprint density at radius 3 is 2.58 bits per heavy atom. The minimum atomic E-state index is -0.940. The molecule has 1 atom stereocenters. The molecular formula is C14H19NO4. The highest BCUT2D eigenvalue weighted by Gasteiger charge is 2.13. The van der Waals surface area contributed by atoms with Gasteiger partial charge in [0.25, 0.3) is 5.91 Å². The van der Waals surface area contributed by atoms with Crippen LogP contribution in [0.1, 0.15) is 37.6 Å². The number of carboxylic acids is 1. The second-order valence-corrected chi connectivity index (χ2v) is 4.67. The summed E-state index contributed by atoms with van der Waals surface area (Å²) in [6, 6.07) is 6.39. The highest BCUT2D eigenvalue weighted by atomic mass is 16.5. The van der Waals surface area contributed by atoms with E-state index in [1.54, 1.807) is 31.2 Å². The average Bonchev–Trinajstić information content (AvgIpc) is 2.27. The molecule has 1 aromatic rings. The summed E-state index contributed by atoms with van der Waals surface area (Å²) in [5.74, 6) is -0.624. The molecule has 0 fully saturated rings. The van der Waals surface area contributed by atoms with Crippen LogP contribution in [-0.2, 0) is 4.79 Å². The molecule has 0 heterocycles. The summed E-state index contributed by atoms with van der Waals surface area (Å²) < 4.78 is 5.50. The Morgan fingerprint density at radius 1 is 1.32 bits per heavy atom. The SMILES string of the molecule is CC(CC(=O)O)NC(=O)c1cccc(OC(C)C)c1. The number of hydrogen-bond acceptors (Lipinski definition) is 3. The van der Waals surface area contributed by atoms with E-state index in [1.807, 2.05) is 13.8 Å². The predicted octanol–water partition coefficient (Wildman–Crippen LogP) is 2.07. The van der Waals surface area contributed by atoms with Gasteiger partial charge in [-0.3, -0.25) is 9.59 Å². The standard InChI is InChI=1S/C14H19NO4/c1-9(2)19-12-6-4-5-11(8-12)14(18)15-10(3)7-13(16)17/h4-6,8-10H,7H2,1-3H3,(H,15,18)(H,16,17). The summed E-state index contributed by atoms with van der Waals surface area (Å²) in [6.07, 6.45) is -0.0715. The van der Waals surface area contributed by atoms with Crippen molar-refractivity contribution in [1.82, 2.24) is 5.32 Å². The van der Waals surface area contributed by atoms with E-state index in [0.29, 0.717) is 11.3 Å². The second-order valence-electron chi connectivity index (χ2n) is 4.67. The number of amides is 1. The topological polar surface area (TPSA) is 75.6 Å². The number of carbonyl (C=O) groups is 2. The average molecular weight is 265 g/mol. The fraction of sp³-hybridized carbons (Fsp3) is 0.429. The van der Waals surface area contributed by atoms with E-state index in [0.717, 1.165) is 0 Å². The molecule has 1 unspecified atom stereocenters. The number of aliphatic carboxylic acids is 1. The van der Waals surface area contributed by atoms with Gasteiger partial charge in [-0.05, 0) is 39.0 Å². The zero-order chi connectivity index (χ0) is 14.4. The molecule has 0 spiro atoms. The first-order valence-corrected chi connectivity index (χ1v) is 6.18. The second kappa shape index (κ2) is 6.78. The molecule has 0 bridgehead atoms. The van der Waals surface area contributed by atoms with E-state index in [-0.39, 0.29) is 18.4 Å². The predicted molar refractivity (Wildman–Crippen MR) is 71.4 cm³/mol. The minimum Gasteiger partial charge on any atom is -0.491 e. The van der Waals surface area contributed by atoms with Crippen LogP contribution in [0.2, 0.25) is 0 Å². The number of carbonyl (C=O) groups excluding carboxylic acids is 1. The van der Waals surface area contributed by atoms with Gasteiger partial charge in [0, 0.05) is 11.6 Å². The lowest BCUT2D eigenvalue weighted by molar-refractivity contribution is -0.137. The Labute approximate surface area is 112 Å². The van der Waals surface area contributed by atoms with Crippen molar-refractivity contribution in [3.8, 4) is 5.75 Å². The molecule has 104 valence electrons. The molecule has 5 heteroatoms. The fourth-order valence-electron chi connectivity index (χ4n) is 1.60. The van der Waals surface area contributed by atoms with Gasteiger partial charge in [0.2, 0.25) is 0 Å². The Balaban J connectivity index is 2.68. The van der Waals surface area contributed by atoms with E-state index in [9.17, 15) is 9.59 Å². The zero-order valence-electron chi connectivity index (χ0n) is 11.3. The van der Waals surface area contributed by atoms with Gasteiger partial charge in [-0.2, -0.15) is 0 Å². The van der Waals surface area contributed by atoms with Gasteiger partial charge in [-0.1, -0.05) is 6.07 Å². The molecule has 2 N–H and O–H groups in total. The van der Waals surface area contributed by atoms with E-state index in [4.69, 9.17) is 9.84 Å². The van der Waals surface area contributed by atoms with E-state index in [2.05, 4.69) is 5.32 Å². The molecule has 0 aliphatic heterocycles. The molecule has 0 saturated heterocycles. The van der Waals surface area contributed by atoms with Crippen LogP contribution in [0.5, 0.6) is 5.75 Å². The summed E-state index contributed by atoms with van der Waals surface area (Å²) in [7, 11) is 0. The van der Waals surface area contributed by atoms with Crippen molar-refractivity contribution in [2.75, 3.05) is 0 Å². The van der Waals surface area contributed by atoms with Gasteiger partial charge < -0.3 is 15.2 Å². The first kappa shape index (κ1) is 15.0. The first-order valence-electron chi connectivity index (χ1n) is 6.18. The number of rotatable bonds is 6. The molecule has 1 rings (SSSR count). The van der Waals surface area contributed by atoms with Gasteiger partial charge >= 0.3 is 5.97 Å². The molecule has 5 nitrogen and oxygen atoms in total. The molecule has 19 heavy (non-hydrogen) atoms. The van der Waals surface area contributed by atoms with E-state index < -0.39 is 12.0 Å². The number of benzene rings is 1. The summed E-state index contributed by atoms with van der Waals surface area (Å²) >= 11 is 0. The quantitative estimate of drug-likeness (QED) is 0.825. The van der Waals surface area contributed by atoms with Crippen LogP contribution in [-0.4, -0.2) is 29.1 Å². The summed E-state index contributed by atoms with van der Waals surface area (Å²) in [4.78, 5) is 22.4. The summed E-state index contributed by atoms with van der Waals surface area (Å²) in [5, 5.41) is 11.3. The molecule has 1 amide bonds. The number of carboxylic acid groups (broad SMARTS) is 1. The van der Waals surface area contributed by atoms with Crippen molar-refractivity contribution in [3.05, 3.63) is 29.8 Å². The Hall–Kier alpha value is -2.04. The van der Waals surface area contributed by atoms with Crippen LogP contribution in [0.15, 0.2) is 24.3 Å². The van der Waals surface area contributed by atoms with Crippen LogP contribution >= 0.6 is 0 Å². The summed E-state index contributed by atoms with van der Waals surface area (Å²) in [6.45, 7) is 5.46. The Morgan fingerprint density at radius 2 is 2.00 bits per heavy atom. The van der Waals surface area contributed by atoms with Crippen LogP contribution in [0.4, 0.5) is 0 Å². The molecule has 1 aromatic carbocycles. The Bertz CT molecular complexity index is 457. The maximum atomic E-state index is 11.9. The highest BCUT2D eigenvalue weighted by Crippen LogP contribution is 2.15. The van der Waals surface area contributed by atoms with Crippen LogP contribution < -0.4 is 10.1 Å². The van der Waals surface area contributed by atoms with E-state index >= 15 is 0 Å². The molecular weight excluding hydrogens is 246 g/mol. The largest absolute Gasteiger partial charge is 0.491 e. The third kappa shape index (κ3) is 5.42. The third-order valence-corrected chi connectivity index (χ3v) is 2.33. The summed E-state index contributed by atoms with van der Waals surface area (Å²) in [5.41, 5.74) is 0.454. The Kier molecular flexibility index (Phi) is 5.36. The van der Waals surface area contributed by atoms with E-state index in [1.165, 1.54) is 0 Å².